The first-order valence-corrected chi connectivity index (χ1v) is 8.54. The van der Waals surface area contributed by atoms with Gasteiger partial charge < -0.3 is 20.3 Å². The van der Waals surface area contributed by atoms with Crippen LogP contribution in [-0.4, -0.2) is 63.8 Å². The number of aliphatic imine (C=N–C) groups is 1. The van der Waals surface area contributed by atoms with Crippen LogP contribution in [0.25, 0.3) is 0 Å². The fraction of sp³-hybridized carbons (Fsp3) is 0.938. The number of guanidine groups is 1. The third-order valence-corrected chi connectivity index (χ3v) is 3.90. The summed E-state index contributed by atoms with van der Waals surface area (Å²) in [5.74, 6) is 1.69. The van der Waals surface area contributed by atoms with Crippen LogP contribution in [0, 0.1) is 5.92 Å². The van der Waals surface area contributed by atoms with Gasteiger partial charge in [0.15, 0.2) is 5.96 Å². The summed E-state index contributed by atoms with van der Waals surface area (Å²) in [6.07, 6.45) is 4.78. The second-order valence-corrected chi connectivity index (χ2v) is 5.74. The maximum Gasteiger partial charge on any atom is 0.190 e. The largest absolute Gasteiger partial charge is 0.382 e. The van der Waals surface area contributed by atoms with E-state index in [2.05, 4.69) is 27.4 Å². The molecule has 0 aromatic rings. The van der Waals surface area contributed by atoms with E-state index in [4.69, 9.17) is 4.74 Å². The highest BCUT2D eigenvalue weighted by Gasteiger charge is 2.21. The Morgan fingerprint density at radius 1 is 1.29 bits per heavy atom. The fourth-order valence-electron chi connectivity index (χ4n) is 2.74. The molecule has 124 valence electrons. The lowest BCUT2D eigenvalue weighted by atomic mass is 10.1. The smallest absolute Gasteiger partial charge is 0.190 e. The first-order valence-electron chi connectivity index (χ1n) is 8.54. The van der Waals surface area contributed by atoms with Crippen LogP contribution in [0.15, 0.2) is 4.99 Å². The van der Waals surface area contributed by atoms with Crippen molar-refractivity contribution < 1.29 is 4.74 Å². The minimum atomic E-state index is 0.757. The minimum Gasteiger partial charge on any atom is -0.382 e. The van der Waals surface area contributed by atoms with Gasteiger partial charge in [-0.25, -0.2) is 0 Å². The lowest BCUT2D eigenvalue weighted by molar-refractivity contribution is 0.143. The Balaban J connectivity index is 2.06. The van der Waals surface area contributed by atoms with E-state index in [9.17, 15) is 0 Å². The van der Waals surface area contributed by atoms with Crippen LogP contribution in [0.4, 0.5) is 0 Å². The number of unbranched alkanes of at least 4 members (excludes halogenated alkanes) is 1. The molecule has 0 radical (unpaired) electrons. The minimum absolute atomic E-state index is 0.757. The number of likely N-dealkylation sites (tertiary alicyclic amines) is 1. The lowest BCUT2D eigenvalue weighted by Gasteiger charge is -2.17. The van der Waals surface area contributed by atoms with Crippen LogP contribution in [0.2, 0.25) is 0 Å². The van der Waals surface area contributed by atoms with E-state index >= 15 is 0 Å². The average molecular weight is 298 g/mol. The summed E-state index contributed by atoms with van der Waals surface area (Å²) in [7, 11) is 1.84. The Morgan fingerprint density at radius 3 is 2.86 bits per heavy atom. The van der Waals surface area contributed by atoms with Crippen LogP contribution >= 0.6 is 0 Å². The number of hydrogen-bond acceptors (Lipinski definition) is 3. The number of nitrogens with one attached hydrogen (secondary N) is 2. The molecule has 1 fully saturated rings. The Morgan fingerprint density at radius 2 is 2.14 bits per heavy atom. The van der Waals surface area contributed by atoms with Gasteiger partial charge in [-0.15, -0.1) is 0 Å². The van der Waals surface area contributed by atoms with Crippen LogP contribution in [-0.2, 0) is 4.74 Å². The Bertz CT molecular complexity index is 283. The Hall–Kier alpha value is -0.810. The predicted octanol–water partition coefficient (Wildman–Crippen LogP) is 1.70. The van der Waals surface area contributed by atoms with Gasteiger partial charge in [0.1, 0.15) is 0 Å². The lowest BCUT2D eigenvalue weighted by Crippen LogP contribution is -2.40. The second kappa shape index (κ2) is 11.8. The predicted molar refractivity (Wildman–Crippen MR) is 89.9 cm³/mol. The molecule has 1 atom stereocenters. The molecule has 5 heteroatoms. The van der Waals surface area contributed by atoms with Crippen molar-refractivity contribution in [2.24, 2.45) is 10.9 Å². The summed E-state index contributed by atoms with van der Waals surface area (Å²) in [6, 6.07) is 0. The third-order valence-electron chi connectivity index (χ3n) is 3.90. The number of hydrogen-bond donors (Lipinski definition) is 2. The van der Waals surface area contributed by atoms with Crippen molar-refractivity contribution in [3.63, 3.8) is 0 Å². The van der Waals surface area contributed by atoms with E-state index < -0.39 is 0 Å². The van der Waals surface area contributed by atoms with E-state index in [1.54, 1.807) is 0 Å². The molecule has 0 spiro atoms. The average Bonchev–Trinajstić information content (AvgIpc) is 2.94. The molecule has 0 bridgehead atoms. The van der Waals surface area contributed by atoms with Gasteiger partial charge in [-0.1, -0.05) is 6.92 Å². The molecule has 2 N–H and O–H groups in total. The van der Waals surface area contributed by atoms with Crippen molar-refractivity contribution >= 4 is 5.96 Å². The first kappa shape index (κ1) is 18.2. The zero-order valence-corrected chi connectivity index (χ0v) is 14.2. The standard InChI is InChI=1S/C16H34N4O/c1-4-10-20-11-8-15(14-20)13-19-16(17-3)18-9-6-7-12-21-5-2/h15H,4-14H2,1-3H3,(H2,17,18,19). The normalized spacial score (nSPS) is 20.0. The van der Waals surface area contributed by atoms with Crippen molar-refractivity contribution in [1.29, 1.82) is 0 Å². The van der Waals surface area contributed by atoms with Crippen LogP contribution in [0.3, 0.4) is 0 Å². The molecule has 5 nitrogen and oxygen atoms in total. The molecular formula is C16H34N4O. The highest BCUT2D eigenvalue weighted by molar-refractivity contribution is 5.79. The van der Waals surface area contributed by atoms with Crippen molar-refractivity contribution in [3.8, 4) is 0 Å². The molecular weight excluding hydrogens is 264 g/mol. The summed E-state index contributed by atoms with van der Waals surface area (Å²) >= 11 is 0. The molecule has 1 heterocycles. The van der Waals surface area contributed by atoms with Gasteiger partial charge in [-0.2, -0.15) is 0 Å². The number of ether oxygens (including phenoxy) is 1. The van der Waals surface area contributed by atoms with E-state index in [0.29, 0.717) is 0 Å². The van der Waals surface area contributed by atoms with E-state index in [1.807, 2.05) is 14.0 Å². The number of rotatable bonds is 10. The molecule has 0 aromatic carbocycles. The molecule has 1 saturated heterocycles. The molecule has 0 saturated carbocycles. The van der Waals surface area contributed by atoms with Crippen LogP contribution in [0.5, 0.6) is 0 Å². The highest BCUT2D eigenvalue weighted by Crippen LogP contribution is 2.15. The highest BCUT2D eigenvalue weighted by atomic mass is 16.5. The maximum atomic E-state index is 5.33. The summed E-state index contributed by atoms with van der Waals surface area (Å²) < 4.78 is 5.33. The van der Waals surface area contributed by atoms with Gasteiger partial charge in [0.25, 0.3) is 0 Å². The summed E-state index contributed by atoms with van der Waals surface area (Å²) in [5, 5.41) is 6.83. The van der Waals surface area contributed by atoms with Gasteiger partial charge in [0.2, 0.25) is 0 Å². The molecule has 0 amide bonds. The van der Waals surface area contributed by atoms with E-state index in [0.717, 1.165) is 51.0 Å². The van der Waals surface area contributed by atoms with Gasteiger partial charge >= 0.3 is 0 Å². The van der Waals surface area contributed by atoms with E-state index in [-0.39, 0.29) is 0 Å². The van der Waals surface area contributed by atoms with E-state index in [1.165, 1.54) is 32.5 Å². The zero-order chi connectivity index (χ0) is 15.3. The maximum absolute atomic E-state index is 5.33. The van der Waals surface area contributed by atoms with Crippen molar-refractivity contribution in [2.75, 3.05) is 53.0 Å². The van der Waals surface area contributed by atoms with Crippen LogP contribution in [0.1, 0.15) is 39.5 Å². The molecule has 1 aliphatic rings. The monoisotopic (exact) mass is 298 g/mol. The SMILES string of the molecule is CCCN1CCC(CNC(=NC)NCCCCOCC)C1. The van der Waals surface area contributed by atoms with Crippen molar-refractivity contribution in [3.05, 3.63) is 0 Å². The molecule has 1 rings (SSSR count). The molecule has 1 aliphatic heterocycles. The number of nitrogens with zero attached hydrogens (tertiary/aromatic N) is 2. The first-order chi connectivity index (χ1) is 10.3. The summed E-state index contributed by atoms with van der Waals surface area (Å²) in [4.78, 5) is 6.85. The molecule has 0 aromatic heterocycles. The van der Waals surface area contributed by atoms with Gasteiger partial charge in [0.05, 0.1) is 0 Å². The Labute approximate surface area is 130 Å². The zero-order valence-electron chi connectivity index (χ0n) is 14.2. The fourth-order valence-corrected chi connectivity index (χ4v) is 2.74. The van der Waals surface area contributed by atoms with Crippen LogP contribution < -0.4 is 10.6 Å². The van der Waals surface area contributed by atoms with Gasteiger partial charge in [-0.3, -0.25) is 4.99 Å². The second-order valence-electron chi connectivity index (χ2n) is 5.74. The third kappa shape index (κ3) is 8.27. The van der Waals surface area contributed by atoms with Crippen molar-refractivity contribution in [1.82, 2.24) is 15.5 Å². The van der Waals surface area contributed by atoms with Crippen molar-refractivity contribution in [2.45, 2.75) is 39.5 Å². The molecule has 21 heavy (non-hydrogen) atoms. The topological polar surface area (TPSA) is 48.9 Å². The van der Waals surface area contributed by atoms with Gasteiger partial charge in [-0.05, 0) is 51.6 Å². The summed E-state index contributed by atoms with van der Waals surface area (Å²) in [5.41, 5.74) is 0. The molecule has 1 unspecified atom stereocenters. The van der Waals surface area contributed by atoms with Gasteiger partial charge in [0, 0.05) is 39.9 Å². The molecule has 0 aliphatic carbocycles. The summed E-state index contributed by atoms with van der Waals surface area (Å²) in [6.45, 7) is 11.7. The Kier molecular flexibility index (Phi) is 10.3. The quantitative estimate of drug-likeness (QED) is 0.366.